The van der Waals surface area contributed by atoms with Gasteiger partial charge in [0.15, 0.2) is 5.78 Å². The molecule has 366 valence electrons. The fraction of sp³-hybridized carbons (Fsp3) is 0.745. The van der Waals surface area contributed by atoms with Gasteiger partial charge >= 0.3 is 5.97 Å². The van der Waals surface area contributed by atoms with Gasteiger partial charge in [-0.05, 0) is 107 Å². The molecule has 65 heavy (non-hydrogen) atoms. The van der Waals surface area contributed by atoms with Crippen molar-refractivity contribution in [1.82, 2.24) is 4.90 Å². The molecule has 1 aliphatic carbocycles. The molecule has 0 radical (unpaired) electrons. The van der Waals surface area contributed by atoms with Gasteiger partial charge in [-0.25, -0.2) is 4.79 Å². The van der Waals surface area contributed by atoms with Crippen molar-refractivity contribution in [2.75, 3.05) is 27.9 Å². The molecule has 1 amide bonds. The van der Waals surface area contributed by atoms with E-state index in [9.17, 15) is 39.3 Å². The van der Waals surface area contributed by atoms with Crippen molar-refractivity contribution < 1.29 is 63.0 Å². The van der Waals surface area contributed by atoms with Crippen LogP contribution in [0.15, 0.2) is 47.6 Å². The van der Waals surface area contributed by atoms with Crippen LogP contribution in [0.1, 0.15) is 126 Å². The largest absolute Gasteiger partial charge is 0.460 e. The minimum atomic E-state index is -2.43. The van der Waals surface area contributed by atoms with Crippen molar-refractivity contribution in [3.05, 3.63) is 47.6 Å². The summed E-state index contributed by atoms with van der Waals surface area (Å²) in [7, 11) is 4.52. The zero-order valence-corrected chi connectivity index (χ0v) is 40.6. The van der Waals surface area contributed by atoms with Crippen LogP contribution in [0.2, 0.25) is 0 Å². The van der Waals surface area contributed by atoms with E-state index in [1.165, 1.54) is 12.0 Å². The van der Waals surface area contributed by atoms with Crippen molar-refractivity contribution in [2.45, 2.75) is 180 Å². The van der Waals surface area contributed by atoms with Crippen LogP contribution < -0.4 is 0 Å². The van der Waals surface area contributed by atoms with Gasteiger partial charge in [-0.2, -0.15) is 0 Å². The molecule has 1 saturated carbocycles. The van der Waals surface area contributed by atoms with E-state index in [1.54, 1.807) is 41.1 Å². The maximum atomic E-state index is 14.4. The van der Waals surface area contributed by atoms with Gasteiger partial charge in [0.25, 0.3) is 11.7 Å². The number of esters is 1. The molecule has 2 saturated heterocycles. The summed E-state index contributed by atoms with van der Waals surface area (Å²) in [6, 6.07) is -1.14. The Morgan fingerprint density at radius 2 is 1.57 bits per heavy atom. The topological polar surface area (TPSA) is 195 Å². The number of nitrogens with zero attached hydrogens (tertiary/aromatic N) is 1. The third kappa shape index (κ3) is 14.3. The SMILES string of the molecule is CO[C@H]1C[C@@H]2CC[C@@H](C)[C@@](O)(O2)C(=O)C(=O)N2CCCC[C@H]2C(=O)O[C@H]([C@H](C)C[C@H]2CC[C@@H](O)[C@H](OC)C2)CC(=O)[C@H](C)/C=C(\C)[C@H](O)[C@@H](OC)C(=O)[C@H](C)C[C@H](C)/C=C/C=C/C=C/1C. The van der Waals surface area contributed by atoms with Crippen molar-refractivity contribution in [2.24, 2.45) is 35.5 Å². The van der Waals surface area contributed by atoms with Crippen LogP contribution in [0.4, 0.5) is 0 Å². The van der Waals surface area contributed by atoms with Crippen LogP contribution in [0.3, 0.4) is 0 Å². The highest BCUT2D eigenvalue weighted by Gasteiger charge is 2.53. The van der Waals surface area contributed by atoms with Gasteiger partial charge in [-0.1, -0.05) is 71.1 Å². The molecule has 0 aromatic rings. The lowest BCUT2D eigenvalue weighted by Gasteiger charge is -2.42. The predicted molar refractivity (Wildman–Crippen MR) is 245 cm³/mol. The van der Waals surface area contributed by atoms with Gasteiger partial charge < -0.3 is 43.9 Å². The maximum Gasteiger partial charge on any atom is 0.329 e. The second-order valence-corrected chi connectivity index (χ2v) is 19.6. The Bertz CT molecular complexity index is 1760. The second-order valence-electron chi connectivity index (χ2n) is 19.6. The number of methoxy groups -OCH3 is 3. The fourth-order valence-electron chi connectivity index (χ4n) is 10.1. The highest BCUT2D eigenvalue weighted by molar-refractivity contribution is 6.39. The second kappa shape index (κ2) is 25.1. The number of carbonyl (C=O) groups is 5. The van der Waals surface area contributed by atoms with Crippen molar-refractivity contribution in [3.63, 3.8) is 0 Å². The number of Topliss-reactive ketones (excluding diaryl/α,β-unsaturated/α-hetero) is 3. The molecule has 2 bridgehead atoms. The number of aliphatic hydroxyl groups excluding tert-OH is 2. The molecule has 0 spiro atoms. The predicted octanol–water partition coefficient (Wildman–Crippen LogP) is 6.18. The molecule has 4 rings (SSSR count). The lowest BCUT2D eigenvalue weighted by molar-refractivity contribution is -0.265. The number of ether oxygens (including phenoxy) is 5. The van der Waals surface area contributed by atoms with Gasteiger partial charge in [0, 0.05) is 58.5 Å². The van der Waals surface area contributed by atoms with Crippen LogP contribution in [0.5, 0.6) is 0 Å². The molecule has 0 aromatic carbocycles. The van der Waals surface area contributed by atoms with Crippen molar-refractivity contribution >= 4 is 29.2 Å². The third-order valence-corrected chi connectivity index (χ3v) is 14.5. The zero-order chi connectivity index (χ0) is 48.2. The van der Waals surface area contributed by atoms with E-state index in [4.69, 9.17) is 23.7 Å². The first-order chi connectivity index (χ1) is 30.7. The average molecular weight is 914 g/mol. The normalized spacial score (nSPS) is 40.4. The molecule has 3 aliphatic heterocycles. The van der Waals surface area contributed by atoms with Gasteiger partial charge in [0.2, 0.25) is 5.79 Å². The molecule has 0 aromatic heterocycles. The molecule has 4 aliphatic rings. The van der Waals surface area contributed by atoms with E-state index in [0.29, 0.717) is 63.4 Å². The first-order valence-corrected chi connectivity index (χ1v) is 23.9. The number of hydrogen-bond donors (Lipinski definition) is 3. The Morgan fingerprint density at radius 3 is 2.25 bits per heavy atom. The molecule has 3 fully saturated rings. The monoisotopic (exact) mass is 914 g/mol. The first kappa shape index (κ1) is 54.2. The summed E-state index contributed by atoms with van der Waals surface area (Å²) in [5, 5.41) is 33.8. The molecule has 3 N–H and O–H groups in total. The average Bonchev–Trinajstić information content (AvgIpc) is 3.28. The van der Waals surface area contributed by atoms with Gasteiger partial charge in [0.05, 0.1) is 24.4 Å². The number of carbonyl (C=O) groups excluding carboxylic acids is 5. The summed E-state index contributed by atoms with van der Waals surface area (Å²) in [6.45, 7) is 12.7. The summed E-state index contributed by atoms with van der Waals surface area (Å²) in [6.07, 6.45) is 11.2. The Morgan fingerprint density at radius 1 is 0.846 bits per heavy atom. The summed E-state index contributed by atoms with van der Waals surface area (Å²) in [5.41, 5.74) is 1.27. The minimum Gasteiger partial charge on any atom is -0.460 e. The molecule has 14 nitrogen and oxygen atoms in total. The number of amides is 1. The molecule has 14 heteroatoms. The van der Waals surface area contributed by atoms with Gasteiger partial charge in [-0.3, -0.25) is 19.2 Å². The number of rotatable bonds is 6. The standard InChI is InChI=1S/C51H79NO13/c1-30-16-12-11-13-17-31(2)42(61-8)28-38-21-19-36(7)51(60,65-38)48(57)49(58)52-23-15-14-18-39(52)50(59)64-43(33(4)26-37-20-22-40(53)44(27-37)62-9)29-41(54)32(3)25-35(6)46(56)47(63-10)45(55)34(5)24-30/h11-13,16-17,25,30,32-34,36-40,42-44,46-47,53,56,60H,14-15,18-24,26-29H2,1-10H3/b13-11+,16-12+,31-17+,35-25+/t30-,32-,33-,34-,36-,37-,38+,39+,40-,42+,43+,44-,46+,47+,51-/m1/s1. The Hall–Kier alpha value is -3.37. The molecular formula is C51H79NO13. The maximum absolute atomic E-state index is 14.4. The highest BCUT2D eigenvalue weighted by atomic mass is 16.6. The third-order valence-electron chi connectivity index (χ3n) is 14.5. The highest BCUT2D eigenvalue weighted by Crippen LogP contribution is 2.38. The molecule has 15 atom stereocenters. The molecular weight excluding hydrogens is 835 g/mol. The number of ketones is 3. The number of hydrogen-bond acceptors (Lipinski definition) is 13. The number of piperidine rings is 1. The molecule has 0 unspecified atom stereocenters. The van der Waals surface area contributed by atoms with Crippen LogP contribution in [-0.2, 0) is 47.7 Å². The van der Waals surface area contributed by atoms with Crippen LogP contribution >= 0.6 is 0 Å². The lowest BCUT2D eigenvalue weighted by Crippen LogP contribution is -2.61. The Kier molecular flexibility index (Phi) is 21.0. The summed E-state index contributed by atoms with van der Waals surface area (Å²) < 4.78 is 29.4. The van der Waals surface area contributed by atoms with Gasteiger partial charge in [0.1, 0.15) is 30.1 Å². The summed E-state index contributed by atoms with van der Waals surface area (Å²) in [5.74, 6) is -7.96. The summed E-state index contributed by atoms with van der Waals surface area (Å²) in [4.78, 5) is 71.8. The molecule has 3 heterocycles. The number of allylic oxidation sites excluding steroid dienone is 6. The minimum absolute atomic E-state index is 0.0193. The van der Waals surface area contributed by atoms with E-state index in [1.807, 2.05) is 58.1 Å². The quantitative estimate of drug-likeness (QED) is 0.156. The van der Waals surface area contributed by atoms with E-state index in [-0.39, 0.29) is 54.8 Å². The smallest absolute Gasteiger partial charge is 0.329 e. The van der Waals surface area contributed by atoms with Crippen molar-refractivity contribution in [3.8, 4) is 0 Å². The van der Waals surface area contributed by atoms with E-state index in [2.05, 4.69) is 0 Å². The lowest BCUT2D eigenvalue weighted by atomic mass is 9.78. The van der Waals surface area contributed by atoms with Crippen LogP contribution in [-0.4, -0.2) is 132 Å². The number of aliphatic hydroxyl groups is 3. The number of cyclic esters (lactones) is 1. The van der Waals surface area contributed by atoms with E-state index in [0.717, 1.165) is 12.0 Å². The Balaban J connectivity index is 1.70. The van der Waals surface area contributed by atoms with Crippen LogP contribution in [0.25, 0.3) is 0 Å². The number of fused-ring (bicyclic) bond motifs is 3. The fourth-order valence-corrected chi connectivity index (χ4v) is 10.1. The van der Waals surface area contributed by atoms with E-state index < -0.39 is 83.9 Å². The summed E-state index contributed by atoms with van der Waals surface area (Å²) >= 11 is 0. The zero-order valence-electron chi connectivity index (χ0n) is 40.6. The van der Waals surface area contributed by atoms with Crippen LogP contribution in [0, 0.1) is 35.5 Å². The Labute approximate surface area is 387 Å². The van der Waals surface area contributed by atoms with E-state index >= 15 is 0 Å². The first-order valence-electron chi connectivity index (χ1n) is 23.9. The van der Waals surface area contributed by atoms with Crippen molar-refractivity contribution in [1.29, 1.82) is 0 Å². The van der Waals surface area contributed by atoms with Gasteiger partial charge in [-0.15, -0.1) is 0 Å².